The molecule has 0 saturated heterocycles. The first-order chi connectivity index (χ1) is 10.1. The summed E-state index contributed by atoms with van der Waals surface area (Å²) in [6.45, 7) is 7.78. The molecule has 0 N–H and O–H groups in total. The highest BCUT2D eigenvalue weighted by Gasteiger charge is 2.35. The van der Waals surface area contributed by atoms with Crippen LogP contribution in [0.5, 0.6) is 0 Å². The number of hydrogen-bond donors (Lipinski definition) is 0. The molecule has 0 aliphatic carbocycles. The van der Waals surface area contributed by atoms with E-state index in [2.05, 4.69) is 4.98 Å². The van der Waals surface area contributed by atoms with Gasteiger partial charge in [0.25, 0.3) is 0 Å². The van der Waals surface area contributed by atoms with Gasteiger partial charge < -0.3 is 9.80 Å². The van der Waals surface area contributed by atoms with E-state index in [1.54, 1.807) is 16.0 Å². The average Bonchev–Trinajstić information content (AvgIpc) is 2.49. The van der Waals surface area contributed by atoms with Crippen molar-refractivity contribution < 1.29 is 9.59 Å². The Balaban J connectivity index is 2.19. The molecule has 0 fully saturated rings. The van der Waals surface area contributed by atoms with Gasteiger partial charge in [0.15, 0.2) is 0 Å². The van der Waals surface area contributed by atoms with E-state index < -0.39 is 0 Å². The summed E-state index contributed by atoms with van der Waals surface area (Å²) in [7, 11) is 0. The van der Waals surface area contributed by atoms with Gasteiger partial charge in [-0.25, -0.2) is 4.98 Å². The lowest BCUT2D eigenvalue weighted by atomic mass is 10.2. The van der Waals surface area contributed by atoms with Crippen molar-refractivity contribution in [2.24, 2.45) is 0 Å². The molecule has 1 aliphatic heterocycles. The second-order valence-electron chi connectivity index (χ2n) is 4.79. The number of nitrogens with zero attached hydrogens (tertiary/aromatic N) is 3. The number of thioether (sulfide) groups is 1. The van der Waals surface area contributed by atoms with E-state index in [4.69, 9.17) is 0 Å². The first-order valence-corrected chi connectivity index (χ1v) is 8.21. The normalized spacial score (nSPS) is 17.6. The van der Waals surface area contributed by atoms with E-state index in [1.165, 1.54) is 11.8 Å². The van der Waals surface area contributed by atoms with Crippen molar-refractivity contribution in [3.63, 3.8) is 0 Å². The number of pyridine rings is 1. The summed E-state index contributed by atoms with van der Waals surface area (Å²) in [6, 6.07) is 3.73. The van der Waals surface area contributed by atoms with Crippen molar-refractivity contribution in [2.45, 2.75) is 37.5 Å². The molecule has 21 heavy (non-hydrogen) atoms. The Kier molecular flexibility index (Phi) is 5.22. The molecule has 0 saturated carbocycles. The van der Waals surface area contributed by atoms with Gasteiger partial charge >= 0.3 is 0 Å². The summed E-state index contributed by atoms with van der Waals surface area (Å²) >= 11 is 1.40. The zero-order valence-corrected chi connectivity index (χ0v) is 13.5. The lowest BCUT2D eigenvalue weighted by molar-refractivity contribution is -0.132. The van der Waals surface area contributed by atoms with E-state index in [0.717, 1.165) is 10.7 Å². The van der Waals surface area contributed by atoms with E-state index >= 15 is 0 Å². The Hall–Kier alpha value is -1.56. The first-order valence-electron chi connectivity index (χ1n) is 7.33. The fourth-order valence-corrected chi connectivity index (χ4v) is 3.62. The molecule has 5 nitrogen and oxygen atoms in total. The van der Waals surface area contributed by atoms with Gasteiger partial charge in [0.2, 0.25) is 11.8 Å². The van der Waals surface area contributed by atoms with Crippen LogP contribution in [0.4, 0.5) is 5.69 Å². The van der Waals surface area contributed by atoms with Gasteiger partial charge in [-0.1, -0.05) is 11.8 Å². The van der Waals surface area contributed by atoms with Crippen LogP contribution in [0.2, 0.25) is 0 Å². The van der Waals surface area contributed by atoms with Gasteiger partial charge in [-0.15, -0.1) is 0 Å². The van der Waals surface area contributed by atoms with Crippen LogP contribution in [0.1, 0.15) is 27.2 Å². The molecule has 114 valence electrons. The standard InChI is InChI=1S/C15H21N3O2S/c1-4-17(5-2)13(19)10-12-15(20)18(6-3)11-8-7-9-16-14(11)21-12/h7-9,12H,4-6,10H2,1-3H3. The molecule has 0 radical (unpaired) electrons. The molecule has 0 bridgehead atoms. The molecule has 1 aromatic heterocycles. The quantitative estimate of drug-likeness (QED) is 0.836. The number of fused-ring (bicyclic) bond motifs is 1. The second-order valence-corrected chi connectivity index (χ2v) is 5.98. The Labute approximate surface area is 129 Å². The maximum absolute atomic E-state index is 12.6. The lowest BCUT2D eigenvalue weighted by Crippen LogP contribution is -2.43. The van der Waals surface area contributed by atoms with Crippen molar-refractivity contribution in [3.8, 4) is 0 Å². The fraction of sp³-hybridized carbons (Fsp3) is 0.533. The van der Waals surface area contributed by atoms with Crippen LogP contribution in [0.3, 0.4) is 0 Å². The summed E-state index contributed by atoms with van der Waals surface area (Å²) in [6.07, 6.45) is 1.95. The molecule has 2 rings (SSSR count). The highest BCUT2D eigenvalue weighted by atomic mass is 32.2. The Morgan fingerprint density at radius 3 is 2.71 bits per heavy atom. The van der Waals surface area contributed by atoms with Crippen LogP contribution in [-0.4, -0.2) is 46.6 Å². The Morgan fingerprint density at radius 2 is 2.10 bits per heavy atom. The number of aromatic nitrogens is 1. The highest BCUT2D eigenvalue weighted by Crippen LogP contribution is 2.38. The van der Waals surface area contributed by atoms with Crippen LogP contribution in [0.15, 0.2) is 23.4 Å². The van der Waals surface area contributed by atoms with Gasteiger partial charge in [0, 0.05) is 32.3 Å². The summed E-state index contributed by atoms with van der Waals surface area (Å²) in [5, 5.41) is 0.455. The molecule has 2 heterocycles. The fourth-order valence-electron chi connectivity index (χ4n) is 2.48. The van der Waals surface area contributed by atoms with Crippen LogP contribution in [0.25, 0.3) is 0 Å². The molecule has 0 spiro atoms. The topological polar surface area (TPSA) is 53.5 Å². The monoisotopic (exact) mass is 307 g/mol. The number of anilines is 1. The van der Waals surface area contributed by atoms with E-state index in [1.807, 2.05) is 32.9 Å². The smallest absolute Gasteiger partial charge is 0.241 e. The van der Waals surface area contributed by atoms with E-state index in [9.17, 15) is 9.59 Å². The third-order valence-corrected chi connectivity index (χ3v) is 4.82. The summed E-state index contributed by atoms with van der Waals surface area (Å²) in [5.74, 6) is 0.0322. The van der Waals surface area contributed by atoms with E-state index in [0.29, 0.717) is 19.6 Å². The minimum Gasteiger partial charge on any atom is -0.343 e. The van der Waals surface area contributed by atoms with Crippen LogP contribution in [-0.2, 0) is 9.59 Å². The summed E-state index contributed by atoms with van der Waals surface area (Å²) in [4.78, 5) is 32.6. The van der Waals surface area contributed by atoms with Crippen molar-refractivity contribution in [1.29, 1.82) is 0 Å². The van der Waals surface area contributed by atoms with Gasteiger partial charge in [-0.3, -0.25) is 9.59 Å². The molecule has 1 aromatic rings. The molecule has 1 atom stereocenters. The van der Waals surface area contributed by atoms with Crippen molar-refractivity contribution in [2.75, 3.05) is 24.5 Å². The maximum atomic E-state index is 12.6. The number of carbonyl (C=O) groups excluding carboxylic acids is 2. The Morgan fingerprint density at radius 1 is 1.38 bits per heavy atom. The second kappa shape index (κ2) is 6.93. The average molecular weight is 307 g/mol. The Bertz CT molecular complexity index is 531. The lowest BCUT2D eigenvalue weighted by Gasteiger charge is -2.32. The molecular weight excluding hydrogens is 286 g/mol. The molecular formula is C15H21N3O2S. The third kappa shape index (κ3) is 3.20. The van der Waals surface area contributed by atoms with Crippen LogP contribution >= 0.6 is 11.8 Å². The van der Waals surface area contributed by atoms with Gasteiger partial charge in [0.05, 0.1) is 10.9 Å². The predicted molar refractivity (Wildman–Crippen MR) is 84.5 cm³/mol. The largest absolute Gasteiger partial charge is 0.343 e. The highest BCUT2D eigenvalue weighted by molar-refractivity contribution is 8.00. The van der Waals surface area contributed by atoms with Crippen molar-refractivity contribution in [1.82, 2.24) is 9.88 Å². The number of amides is 2. The first kappa shape index (κ1) is 15.8. The molecule has 1 unspecified atom stereocenters. The van der Waals surface area contributed by atoms with E-state index in [-0.39, 0.29) is 23.5 Å². The molecule has 1 aliphatic rings. The predicted octanol–water partition coefficient (Wildman–Crippen LogP) is 2.17. The SMILES string of the molecule is CCN(CC)C(=O)CC1Sc2ncccc2N(CC)C1=O. The minimum atomic E-state index is -0.375. The molecule has 2 amide bonds. The van der Waals surface area contributed by atoms with Crippen molar-refractivity contribution >= 4 is 29.3 Å². The molecule has 6 heteroatoms. The van der Waals surface area contributed by atoms with Gasteiger partial charge in [0.1, 0.15) is 5.03 Å². The van der Waals surface area contributed by atoms with Gasteiger partial charge in [-0.05, 0) is 32.9 Å². The number of hydrogen-bond acceptors (Lipinski definition) is 4. The summed E-state index contributed by atoms with van der Waals surface area (Å²) in [5.41, 5.74) is 0.849. The van der Waals surface area contributed by atoms with Crippen molar-refractivity contribution in [3.05, 3.63) is 18.3 Å². The van der Waals surface area contributed by atoms with Crippen LogP contribution < -0.4 is 4.90 Å². The number of carbonyl (C=O) groups is 2. The zero-order valence-electron chi connectivity index (χ0n) is 12.7. The minimum absolute atomic E-state index is 0.00325. The maximum Gasteiger partial charge on any atom is 0.241 e. The number of rotatable bonds is 5. The van der Waals surface area contributed by atoms with Crippen LogP contribution in [0, 0.1) is 0 Å². The zero-order chi connectivity index (χ0) is 15.4. The molecule has 0 aromatic carbocycles. The third-order valence-electron chi connectivity index (χ3n) is 3.63. The van der Waals surface area contributed by atoms with Gasteiger partial charge in [-0.2, -0.15) is 0 Å². The summed E-state index contributed by atoms with van der Waals surface area (Å²) < 4.78 is 0.